The molecule has 2 aliphatic carbocycles. The molecule has 2 aromatic heterocycles. The molecule has 462 valence electrons. The molecule has 97 heavy (non-hydrogen) atoms. The molecule has 0 spiro atoms. The van der Waals surface area contributed by atoms with E-state index in [-0.39, 0.29) is 0 Å². The van der Waals surface area contributed by atoms with E-state index in [1.807, 2.05) is 36.4 Å². The molecule has 2 aliphatic rings. The Morgan fingerprint density at radius 1 is 0.299 bits per heavy atom. The smallest absolute Gasteiger partial charge is 0.128 e. The monoisotopic (exact) mass is 1270 g/mol. The fourth-order valence-corrected chi connectivity index (χ4v) is 16.4. The summed E-state index contributed by atoms with van der Waals surface area (Å²) in [6, 6.07) is 96.0. The summed E-state index contributed by atoms with van der Waals surface area (Å²) in [5.41, 5.74) is 17.6. The zero-order chi connectivity index (χ0) is 65.5. The number of hydrogen-bond acceptors (Lipinski definition) is 11. The highest BCUT2D eigenvalue weighted by Crippen LogP contribution is 2.63. The molecule has 0 amide bonds. The molecule has 0 unspecified atom stereocenters. The number of nitriles is 2. The first-order chi connectivity index (χ1) is 47.7. The van der Waals surface area contributed by atoms with Crippen molar-refractivity contribution in [3.8, 4) is 101 Å². The van der Waals surface area contributed by atoms with Gasteiger partial charge in [-0.25, -0.2) is 9.97 Å². The van der Waals surface area contributed by atoms with Gasteiger partial charge in [0.05, 0.1) is 83.3 Å². The van der Waals surface area contributed by atoms with Crippen molar-refractivity contribution in [2.24, 2.45) is 0 Å². The van der Waals surface area contributed by atoms with Gasteiger partial charge >= 0.3 is 0 Å². The number of nitrogens with zero attached hydrogens (tertiary/aromatic N) is 4. The Morgan fingerprint density at radius 2 is 0.608 bits per heavy atom. The van der Waals surface area contributed by atoms with Crippen molar-refractivity contribution >= 4 is 54.9 Å². The second kappa shape index (κ2) is 23.2. The van der Waals surface area contributed by atoms with Crippen molar-refractivity contribution in [2.75, 3.05) is 28.4 Å². The third-order valence-corrected chi connectivity index (χ3v) is 20.7. The minimum atomic E-state index is -0.789. The van der Waals surface area contributed by atoms with Gasteiger partial charge in [-0.05, 0) is 211 Å². The summed E-state index contributed by atoms with van der Waals surface area (Å²) >= 11 is 1.71. The molecule has 0 saturated heterocycles. The average molecular weight is 1270 g/mol. The van der Waals surface area contributed by atoms with Crippen LogP contribution in [-0.2, 0) is 10.8 Å². The zero-order valence-electron chi connectivity index (χ0n) is 53.1. The average Bonchev–Trinajstić information content (AvgIpc) is 1.56. The molecular formula is C86H56N4O6S. The Balaban J connectivity index is 0.993. The minimum Gasteiger partial charge on any atom is -0.497 e. The topological polar surface area (TPSA) is 129 Å². The molecule has 13 aromatic carbocycles. The van der Waals surface area contributed by atoms with Crippen LogP contribution in [0.5, 0.6) is 46.0 Å². The van der Waals surface area contributed by atoms with Crippen molar-refractivity contribution in [3.05, 3.63) is 323 Å². The van der Waals surface area contributed by atoms with Gasteiger partial charge in [0.15, 0.2) is 0 Å². The second-order valence-electron chi connectivity index (χ2n) is 24.2. The number of thiophene rings is 1. The van der Waals surface area contributed by atoms with Gasteiger partial charge in [0, 0.05) is 21.9 Å². The van der Waals surface area contributed by atoms with E-state index < -0.39 is 10.8 Å². The summed E-state index contributed by atoms with van der Waals surface area (Å²) in [6.07, 6.45) is 0. The van der Waals surface area contributed by atoms with Crippen molar-refractivity contribution in [3.63, 3.8) is 0 Å². The Hall–Kier alpha value is -12.5. The summed E-state index contributed by atoms with van der Waals surface area (Å²) in [7, 11) is 6.81. The number of hydrogen-bond donors (Lipinski definition) is 0. The molecule has 0 radical (unpaired) electrons. The first-order valence-electron chi connectivity index (χ1n) is 31.8. The van der Waals surface area contributed by atoms with E-state index in [1.54, 1.807) is 64.0 Å². The van der Waals surface area contributed by atoms with Gasteiger partial charge in [-0.3, -0.25) is 0 Å². The summed E-state index contributed by atoms with van der Waals surface area (Å²) < 4.78 is 36.5. The predicted octanol–water partition coefficient (Wildman–Crippen LogP) is 20.6. The highest BCUT2D eigenvalue weighted by Gasteiger charge is 2.49. The number of ether oxygens (including phenoxy) is 6. The van der Waals surface area contributed by atoms with E-state index >= 15 is 0 Å². The lowest BCUT2D eigenvalue weighted by Crippen LogP contribution is -2.28. The van der Waals surface area contributed by atoms with Crippen molar-refractivity contribution < 1.29 is 28.4 Å². The molecule has 2 heterocycles. The molecule has 0 N–H and O–H groups in total. The van der Waals surface area contributed by atoms with Gasteiger partial charge in [-0.2, -0.15) is 10.5 Å². The van der Waals surface area contributed by atoms with E-state index in [0.717, 1.165) is 143 Å². The van der Waals surface area contributed by atoms with Gasteiger partial charge in [0.1, 0.15) is 57.0 Å². The van der Waals surface area contributed by atoms with Crippen LogP contribution in [0, 0.1) is 22.7 Å². The molecule has 0 bridgehead atoms. The van der Waals surface area contributed by atoms with Crippen molar-refractivity contribution in [2.45, 2.75) is 10.8 Å². The quantitative estimate of drug-likeness (QED) is 0.0971. The van der Waals surface area contributed by atoms with E-state index in [9.17, 15) is 10.5 Å². The van der Waals surface area contributed by atoms with Gasteiger partial charge < -0.3 is 28.4 Å². The summed E-state index contributed by atoms with van der Waals surface area (Å²) in [5, 5.41) is 22.9. The normalized spacial score (nSPS) is 12.9. The van der Waals surface area contributed by atoms with Crippen LogP contribution in [0.2, 0.25) is 0 Å². The van der Waals surface area contributed by atoms with Crippen LogP contribution in [0.25, 0.3) is 86.7 Å². The maximum atomic E-state index is 9.69. The third-order valence-electron chi connectivity index (χ3n) is 19.5. The highest BCUT2D eigenvalue weighted by atomic mass is 32.1. The number of fused-ring (bicyclic) bond motifs is 13. The van der Waals surface area contributed by atoms with Crippen LogP contribution in [-0.4, -0.2) is 38.4 Å². The summed E-state index contributed by atoms with van der Waals surface area (Å²) in [6.45, 7) is 0. The first-order valence-corrected chi connectivity index (χ1v) is 32.6. The fraction of sp³-hybridized carbons (Fsp3) is 0.0698. The van der Waals surface area contributed by atoms with E-state index in [4.69, 9.17) is 38.4 Å². The Kier molecular flexibility index (Phi) is 13.9. The highest BCUT2D eigenvalue weighted by molar-refractivity contribution is 7.21. The van der Waals surface area contributed by atoms with Crippen molar-refractivity contribution in [1.29, 1.82) is 10.5 Å². The molecule has 10 nitrogen and oxygen atoms in total. The van der Waals surface area contributed by atoms with Gasteiger partial charge in [0.2, 0.25) is 0 Å². The van der Waals surface area contributed by atoms with E-state index in [1.165, 1.54) is 0 Å². The lowest BCUT2D eigenvalue weighted by atomic mass is 9.67. The lowest BCUT2D eigenvalue weighted by Gasteiger charge is -2.34. The lowest BCUT2D eigenvalue weighted by molar-refractivity contribution is 0.414. The Morgan fingerprint density at radius 3 is 0.948 bits per heavy atom. The SMILES string of the molecule is COc1ccc(C2(c3ccc(OC)cc3)c3ccccc3-c3c(-c4sc(-c5cccc6c5-c5ccccc5C6(c5ccc(OC)cc5)c5ccc(OC)cc5)c5nc6c7cc(Oc8ccc(C#N)cc8)ccc7c7ccc(Oc8ccc(C#N)cc8)cc7c6nc45)cccc32)cc1. The maximum absolute atomic E-state index is 9.69. The molecule has 0 aliphatic heterocycles. The Bertz CT molecular complexity index is 5310. The predicted molar refractivity (Wildman–Crippen MR) is 384 cm³/mol. The standard InChI is InChI=1S/C86H56N4O6S/c1-91-57-35-23-53(24-36-57)85(54-25-37-58(92-2)38-26-54)73-15-7-5-11-67(73)77-69(13-9-17-75(77)85)83-81-82(84(97-83)70-14-10-18-76-78(70)68-12-6-8-16-74(68)86(76,55-27-39-59(93-3)40-28-55)56-29-41-60(94-4)42-30-56)90-80-72-48-64(96-62-33-21-52(50-88)22-34-62)44-46-66(72)65-45-43-63(47-71(65)79(80)89-81)95-61-31-19-51(49-87)20-32-61/h5-48H,1-4H3. The zero-order valence-corrected chi connectivity index (χ0v) is 53.9. The summed E-state index contributed by atoms with van der Waals surface area (Å²) in [5.74, 6) is 5.42. The van der Waals surface area contributed by atoms with Crippen LogP contribution >= 0.6 is 11.3 Å². The molecule has 11 heteroatoms. The van der Waals surface area contributed by atoms with Crippen LogP contribution in [0.4, 0.5) is 0 Å². The number of benzene rings is 13. The van der Waals surface area contributed by atoms with Gasteiger partial charge in [-0.15, -0.1) is 11.3 Å². The van der Waals surface area contributed by atoms with E-state index in [2.05, 4.69) is 218 Å². The first kappa shape index (κ1) is 58.3. The number of methoxy groups -OCH3 is 4. The molecule has 0 saturated carbocycles. The van der Waals surface area contributed by atoms with Crippen LogP contribution < -0.4 is 28.4 Å². The second-order valence-corrected chi connectivity index (χ2v) is 25.3. The minimum absolute atomic E-state index is 0.536. The van der Waals surface area contributed by atoms with Crippen LogP contribution in [0.3, 0.4) is 0 Å². The number of aromatic nitrogens is 2. The molecule has 15 aromatic rings. The summed E-state index contributed by atoms with van der Waals surface area (Å²) in [4.78, 5) is 14.1. The largest absolute Gasteiger partial charge is 0.497 e. The third kappa shape index (κ3) is 9.04. The molecule has 0 fully saturated rings. The molecule has 0 atom stereocenters. The van der Waals surface area contributed by atoms with Crippen LogP contribution in [0.1, 0.15) is 55.6 Å². The van der Waals surface area contributed by atoms with Crippen molar-refractivity contribution in [1.82, 2.24) is 9.97 Å². The van der Waals surface area contributed by atoms with Crippen LogP contribution in [0.15, 0.2) is 267 Å². The molecule has 17 rings (SSSR count). The molecular weight excluding hydrogens is 1220 g/mol. The fourth-order valence-electron chi connectivity index (χ4n) is 15.2. The van der Waals surface area contributed by atoms with Gasteiger partial charge in [-0.1, -0.05) is 133 Å². The number of rotatable bonds is 14. The Labute approximate surface area is 563 Å². The van der Waals surface area contributed by atoms with Gasteiger partial charge in [0.25, 0.3) is 0 Å². The maximum Gasteiger partial charge on any atom is 0.128 e. The van der Waals surface area contributed by atoms with E-state index in [0.29, 0.717) is 45.2 Å².